The van der Waals surface area contributed by atoms with Crippen LogP contribution >= 0.6 is 0 Å². The van der Waals surface area contributed by atoms with Gasteiger partial charge in [0, 0.05) is 88.3 Å². The van der Waals surface area contributed by atoms with Gasteiger partial charge in [0.1, 0.15) is 0 Å². The van der Waals surface area contributed by atoms with Gasteiger partial charge in [-0.25, -0.2) is 0 Å². The Hall–Kier alpha value is -11.1. The van der Waals surface area contributed by atoms with Crippen molar-refractivity contribution >= 4 is 106 Å². The number of hydrogen-bond acceptors (Lipinski definition) is 6. The van der Waals surface area contributed by atoms with Crippen LogP contribution in [-0.4, -0.2) is 48.4 Å². The number of rotatable bonds is 11. The Morgan fingerprint density at radius 2 is 0.657 bits per heavy atom. The van der Waals surface area contributed by atoms with E-state index in [2.05, 4.69) is 450 Å². The molecule has 16 rings (SSSR count). The fraction of sp³-hybridized carbons (Fsp3) is 0.161. The maximum Gasteiger partial charge on any atom is 0.212 e. The van der Waals surface area contributed by atoms with Gasteiger partial charge in [0.15, 0.2) is 14.6 Å². The van der Waals surface area contributed by atoms with Gasteiger partial charge >= 0.3 is 0 Å². The predicted molar refractivity (Wildman–Crippen MR) is 443 cm³/mol. The van der Waals surface area contributed by atoms with Gasteiger partial charge in [0.25, 0.3) is 0 Å². The summed E-state index contributed by atoms with van der Waals surface area (Å²) in [4.78, 5) is 14.1. The highest BCUT2D eigenvalue weighted by atomic mass is 15.4. The number of benzene rings is 13. The Labute approximate surface area is 610 Å². The minimum absolute atomic E-state index is 0.0356. The van der Waals surface area contributed by atoms with E-state index in [0.717, 1.165) is 6.44 Å². The lowest BCUT2D eigenvalue weighted by atomic mass is 9.63. The zero-order valence-corrected chi connectivity index (χ0v) is 61.3. The average molecular weight is 1330 g/mol. The minimum Gasteiger partial charge on any atom is -0.350 e. The molecule has 0 amide bonds. The molecule has 2 unspecified atom stereocenters. The van der Waals surface area contributed by atoms with E-state index in [1.54, 1.807) is 0 Å². The Morgan fingerprint density at radius 1 is 0.275 bits per heavy atom. The molecule has 0 bridgehead atoms. The van der Waals surface area contributed by atoms with Crippen LogP contribution in [0.25, 0.3) is 0 Å². The Bertz CT molecular complexity index is 4790. The fourth-order valence-corrected chi connectivity index (χ4v) is 14.0. The molecule has 0 aromatic heterocycles. The summed E-state index contributed by atoms with van der Waals surface area (Å²) < 4.78 is 0. The SMILES string of the molecule is Cc1cc(C)cc(C2[B]c3ccccc3N2c2ccccc2)c1.Cc1cc(C)cc(N(c2ccccc2)C2[B]c3ccccc3N2c2ccccc2)c1.Cc1cc(C)cc(N2C[B]c3ccccc32)c1.Cc1ccc(N(C)c2ccc(C)cc2)cc1.Cc1ccc(N(C)c2cccc(C)c2)cc1. The van der Waals surface area contributed by atoms with Gasteiger partial charge in [-0.15, -0.1) is 0 Å². The van der Waals surface area contributed by atoms with Crippen LogP contribution in [0.2, 0.25) is 0 Å². The molecule has 13 aromatic carbocycles. The third-order valence-corrected chi connectivity index (χ3v) is 18.9. The molecule has 0 N–H and O–H groups in total. The van der Waals surface area contributed by atoms with Crippen molar-refractivity contribution in [3.8, 4) is 0 Å². The largest absolute Gasteiger partial charge is 0.350 e. The van der Waals surface area contributed by atoms with E-state index in [4.69, 9.17) is 0 Å². The van der Waals surface area contributed by atoms with Gasteiger partial charge in [-0.1, -0.05) is 232 Å². The van der Waals surface area contributed by atoms with Crippen LogP contribution in [-0.2, 0) is 0 Å². The standard InChI is InChI=1S/C27H24BN2.C21H19BN.C15H15BN.2C15H17N/c1-20-17-21(2)19-24(18-20)29(22-11-5-3-6-12-22)27-28-25-15-9-10-16-26(25)30(27)23-13-7-4-8-14-23;1-15-12-16(2)14-17(13-15)21-22-19-10-6-7-11-20(19)23(21)18-8-4-3-5-9-18;1-11-7-12(2)9-13(8-11)17-10-16-14-5-3-4-6-15(14)17;1-12-4-8-14(9-5-12)16(3)15-10-6-13(2)7-11-15;1-12-7-9-14(10-8-12)16(3)15-6-4-5-13(2)11-15/h3-19,27H,1-2H3;3-14,21H,1-2H3;3-9H,10H2,1-2H3;2*4-11H,1-3H3. The maximum atomic E-state index is 2.44. The third-order valence-electron chi connectivity index (χ3n) is 18.9. The van der Waals surface area contributed by atoms with Gasteiger partial charge in [0.05, 0.1) is 6.07 Å². The molecule has 3 aliphatic rings. The molecule has 0 saturated heterocycles. The summed E-state index contributed by atoms with van der Waals surface area (Å²) in [5, 5.41) is 0. The first-order chi connectivity index (χ1) is 49.5. The monoisotopic (exact) mass is 1330 g/mol. The van der Waals surface area contributed by atoms with Gasteiger partial charge in [-0.05, 0) is 236 Å². The van der Waals surface area contributed by atoms with Crippen molar-refractivity contribution in [2.24, 2.45) is 0 Å². The first-order valence-electron chi connectivity index (χ1n) is 35.6. The zero-order chi connectivity index (χ0) is 71.2. The number of para-hydroxylation sites is 6. The molecule has 6 nitrogen and oxygen atoms in total. The van der Waals surface area contributed by atoms with Crippen LogP contribution in [0.1, 0.15) is 67.1 Å². The van der Waals surface area contributed by atoms with Crippen LogP contribution in [0.4, 0.5) is 68.2 Å². The Morgan fingerprint density at radius 3 is 1.16 bits per heavy atom. The zero-order valence-electron chi connectivity index (χ0n) is 61.3. The molecule has 2 atom stereocenters. The maximum absolute atomic E-state index is 2.44. The highest BCUT2D eigenvalue weighted by molar-refractivity contribution is 6.62. The molecule has 0 aliphatic carbocycles. The summed E-state index contributed by atoms with van der Waals surface area (Å²) in [6.07, 6.45) is 0.974. The van der Waals surface area contributed by atoms with E-state index in [9.17, 15) is 0 Å². The van der Waals surface area contributed by atoms with Crippen molar-refractivity contribution in [3.05, 3.63) is 377 Å². The van der Waals surface area contributed by atoms with Crippen molar-refractivity contribution in [1.29, 1.82) is 0 Å². The van der Waals surface area contributed by atoms with Gasteiger partial charge in [-0.2, -0.15) is 0 Å². The molecule has 13 aromatic rings. The Kier molecular flexibility index (Phi) is 22.8. The van der Waals surface area contributed by atoms with Gasteiger partial charge in [-0.3, -0.25) is 0 Å². The van der Waals surface area contributed by atoms with Crippen molar-refractivity contribution in [2.75, 3.05) is 49.9 Å². The smallest absolute Gasteiger partial charge is 0.212 e. The number of hydrogen-bond donors (Lipinski definition) is 0. The van der Waals surface area contributed by atoms with Gasteiger partial charge in [0.2, 0.25) is 7.28 Å². The minimum atomic E-state index is 0.0356. The van der Waals surface area contributed by atoms with Gasteiger partial charge < -0.3 is 29.4 Å². The Balaban J connectivity index is 0.000000123. The molecule has 0 spiro atoms. The highest BCUT2D eigenvalue weighted by Gasteiger charge is 2.37. The summed E-state index contributed by atoms with van der Waals surface area (Å²) in [5.74, 6) is 0.244. The first-order valence-corrected chi connectivity index (χ1v) is 35.6. The van der Waals surface area contributed by atoms with E-state index in [0.29, 0.717) is 0 Å². The van der Waals surface area contributed by atoms with Crippen molar-refractivity contribution in [3.63, 3.8) is 0 Å². The number of anilines is 12. The molecule has 3 aliphatic heterocycles. The van der Waals surface area contributed by atoms with Crippen molar-refractivity contribution < 1.29 is 0 Å². The summed E-state index contributed by atoms with van der Waals surface area (Å²) >= 11 is 0. The molecular weight excluding hydrogens is 1230 g/mol. The van der Waals surface area contributed by atoms with E-state index in [1.165, 1.54) is 146 Å². The molecule has 102 heavy (non-hydrogen) atoms. The lowest BCUT2D eigenvalue weighted by Gasteiger charge is -2.39. The summed E-state index contributed by atoms with van der Waals surface area (Å²) in [6.45, 7) is 21.4. The molecule has 3 heterocycles. The van der Waals surface area contributed by atoms with Crippen LogP contribution in [0.3, 0.4) is 0 Å². The molecule has 0 saturated carbocycles. The van der Waals surface area contributed by atoms with Crippen LogP contribution in [0.5, 0.6) is 0 Å². The molecule has 9 heteroatoms. The predicted octanol–water partition coefficient (Wildman–Crippen LogP) is 21.3. The first kappa shape index (κ1) is 70.7. The number of nitrogens with zero attached hydrogens (tertiary/aromatic N) is 6. The van der Waals surface area contributed by atoms with Crippen LogP contribution in [0, 0.1) is 69.2 Å². The summed E-state index contributed by atoms with van der Waals surface area (Å²) in [5.41, 5.74) is 33.1. The highest BCUT2D eigenvalue weighted by Crippen LogP contribution is 2.41. The molecule has 503 valence electrons. The molecule has 0 fully saturated rings. The van der Waals surface area contributed by atoms with Crippen molar-refractivity contribution in [1.82, 2.24) is 0 Å². The van der Waals surface area contributed by atoms with E-state index < -0.39 is 0 Å². The average Bonchev–Trinajstić information content (AvgIpc) is 1.60. The molecular formula is C93H92B3N6. The normalized spacial score (nSPS) is 13.4. The second-order valence-corrected chi connectivity index (χ2v) is 27.4. The summed E-state index contributed by atoms with van der Waals surface area (Å²) in [7, 11) is 11.2. The van der Waals surface area contributed by atoms with Crippen LogP contribution < -0.4 is 45.8 Å². The summed E-state index contributed by atoms with van der Waals surface area (Å²) in [6, 6.07) is 113. The second kappa shape index (κ2) is 32.9. The van der Waals surface area contributed by atoms with E-state index in [-0.39, 0.29) is 12.0 Å². The quantitative estimate of drug-likeness (QED) is 0.119. The van der Waals surface area contributed by atoms with Crippen molar-refractivity contribution in [2.45, 2.75) is 81.2 Å². The van der Waals surface area contributed by atoms with E-state index >= 15 is 0 Å². The lowest BCUT2D eigenvalue weighted by Crippen LogP contribution is -2.45. The second-order valence-electron chi connectivity index (χ2n) is 27.4. The third kappa shape index (κ3) is 17.3. The fourth-order valence-electron chi connectivity index (χ4n) is 14.0. The molecule has 3 radical (unpaired) electrons. The topological polar surface area (TPSA) is 19.4 Å². The lowest BCUT2D eigenvalue weighted by molar-refractivity contribution is 0.863. The van der Waals surface area contributed by atoms with Crippen LogP contribution in [0.15, 0.2) is 315 Å². The number of fused-ring (bicyclic) bond motifs is 3. The van der Waals surface area contributed by atoms with E-state index in [1.807, 2.05) is 0 Å². The number of aryl methyl sites for hydroxylation is 10.